The highest BCUT2D eigenvalue weighted by atomic mass is 19.1. The highest BCUT2D eigenvalue weighted by Crippen LogP contribution is 2.18. The lowest BCUT2D eigenvalue weighted by molar-refractivity contribution is -0.116. The van der Waals surface area contributed by atoms with Crippen LogP contribution in [0.1, 0.15) is 23.2 Å². The van der Waals surface area contributed by atoms with Crippen molar-refractivity contribution in [1.82, 2.24) is 19.2 Å². The molecular formula is C23H22FN5O2. The summed E-state index contributed by atoms with van der Waals surface area (Å²) in [7, 11) is 1.81. The lowest BCUT2D eigenvalue weighted by atomic mass is 10.1. The Morgan fingerprint density at radius 3 is 2.61 bits per heavy atom. The molecule has 0 atom stereocenters. The Morgan fingerprint density at radius 2 is 1.87 bits per heavy atom. The fraction of sp³-hybridized carbons (Fsp3) is 0.217. The molecule has 31 heavy (non-hydrogen) atoms. The first-order valence-corrected chi connectivity index (χ1v) is 9.92. The minimum atomic E-state index is -0.420. The van der Waals surface area contributed by atoms with Crippen molar-refractivity contribution in [3.63, 3.8) is 0 Å². The van der Waals surface area contributed by atoms with E-state index in [-0.39, 0.29) is 24.3 Å². The number of benzene rings is 2. The molecule has 0 aliphatic heterocycles. The van der Waals surface area contributed by atoms with Crippen LogP contribution in [0.15, 0.2) is 53.3 Å². The van der Waals surface area contributed by atoms with E-state index in [1.807, 2.05) is 44.3 Å². The largest absolute Gasteiger partial charge is 0.326 e. The van der Waals surface area contributed by atoms with Crippen LogP contribution in [0, 0.1) is 19.7 Å². The van der Waals surface area contributed by atoms with E-state index in [1.165, 1.54) is 16.6 Å². The maximum Gasteiger partial charge on any atom is 0.279 e. The Balaban J connectivity index is 1.61. The van der Waals surface area contributed by atoms with Crippen molar-refractivity contribution >= 4 is 17.4 Å². The first-order valence-electron chi connectivity index (χ1n) is 9.92. The number of aromatic nitrogens is 4. The second-order valence-electron chi connectivity index (χ2n) is 7.45. The van der Waals surface area contributed by atoms with Gasteiger partial charge in [-0.1, -0.05) is 36.4 Å². The summed E-state index contributed by atoms with van der Waals surface area (Å²) in [5.41, 5.74) is 2.92. The second-order valence-corrected chi connectivity index (χ2v) is 7.45. The summed E-state index contributed by atoms with van der Waals surface area (Å²) in [5, 5.41) is 7.11. The van der Waals surface area contributed by atoms with Crippen molar-refractivity contribution < 1.29 is 9.18 Å². The van der Waals surface area contributed by atoms with Crippen LogP contribution >= 0.6 is 0 Å². The van der Waals surface area contributed by atoms with Gasteiger partial charge in [0.2, 0.25) is 11.7 Å². The molecule has 8 heteroatoms. The van der Waals surface area contributed by atoms with Crippen LogP contribution < -0.4 is 10.9 Å². The van der Waals surface area contributed by atoms with Crippen LogP contribution in [0.5, 0.6) is 0 Å². The number of carbonyl (C=O) groups excluding carboxylic acids is 1. The van der Waals surface area contributed by atoms with E-state index in [0.29, 0.717) is 22.9 Å². The number of halogens is 1. The average Bonchev–Trinajstić information content (AvgIpc) is 3.21. The van der Waals surface area contributed by atoms with Gasteiger partial charge in [-0.05, 0) is 38.0 Å². The summed E-state index contributed by atoms with van der Waals surface area (Å²) in [6.45, 7) is 3.61. The monoisotopic (exact) mass is 419 g/mol. The van der Waals surface area contributed by atoms with Gasteiger partial charge >= 0.3 is 0 Å². The lowest BCUT2D eigenvalue weighted by Gasteiger charge is -2.12. The second kappa shape index (κ2) is 8.14. The zero-order valence-corrected chi connectivity index (χ0v) is 17.5. The molecule has 2 aromatic carbocycles. The van der Waals surface area contributed by atoms with Crippen LogP contribution in [0.4, 0.5) is 10.1 Å². The first-order chi connectivity index (χ1) is 14.8. The lowest BCUT2D eigenvalue weighted by Crippen LogP contribution is -2.26. The van der Waals surface area contributed by atoms with Gasteiger partial charge in [0.1, 0.15) is 5.82 Å². The molecule has 0 saturated carbocycles. The van der Waals surface area contributed by atoms with Crippen molar-refractivity contribution in [3.8, 4) is 11.4 Å². The van der Waals surface area contributed by atoms with Crippen molar-refractivity contribution in [3.05, 3.63) is 81.5 Å². The Labute approximate surface area is 178 Å². The van der Waals surface area contributed by atoms with E-state index in [0.717, 1.165) is 16.8 Å². The SMILES string of the molecule is Cc1ccc(F)cc1NC(=O)CCc1c(C)n(C)c2nc(-c3ccccc3)nn2c1=O. The average molecular weight is 419 g/mol. The molecular weight excluding hydrogens is 397 g/mol. The maximum absolute atomic E-state index is 13.5. The molecule has 0 radical (unpaired) electrons. The molecule has 2 aromatic heterocycles. The first kappa shape index (κ1) is 20.5. The predicted molar refractivity (Wildman–Crippen MR) is 116 cm³/mol. The minimum Gasteiger partial charge on any atom is -0.326 e. The van der Waals surface area contributed by atoms with Gasteiger partial charge in [0.05, 0.1) is 0 Å². The smallest absolute Gasteiger partial charge is 0.279 e. The summed E-state index contributed by atoms with van der Waals surface area (Å²) >= 11 is 0. The van der Waals surface area contributed by atoms with E-state index in [4.69, 9.17) is 0 Å². The molecule has 0 fully saturated rings. The molecule has 4 rings (SSSR count). The van der Waals surface area contributed by atoms with Crippen molar-refractivity contribution in [2.24, 2.45) is 7.05 Å². The molecule has 0 saturated heterocycles. The summed E-state index contributed by atoms with van der Waals surface area (Å²) < 4.78 is 16.5. The Hall–Kier alpha value is -3.81. The Bertz CT molecular complexity index is 1340. The van der Waals surface area contributed by atoms with Gasteiger partial charge in [0.25, 0.3) is 5.56 Å². The molecule has 7 nitrogen and oxygen atoms in total. The highest BCUT2D eigenvalue weighted by molar-refractivity contribution is 5.91. The van der Waals surface area contributed by atoms with Gasteiger partial charge in [-0.2, -0.15) is 9.50 Å². The van der Waals surface area contributed by atoms with Gasteiger partial charge in [-0.25, -0.2) is 4.39 Å². The third-order valence-electron chi connectivity index (χ3n) is 5.39. The molecule has 1 N–H and O–H groups in total. The fourth-order valence-electron chi connectivity index (χ4n) is 3.47. The van der Waals surface area contributed by atoms with E-state index >= 15 is 0 Å². The third kappa shape index (κ3) is 3.96. The molecule has 158 valence electrons. The zero-order chi connectivity index (χ0) is 22.1. The number of anilines is 1. The molecule has 4 aromatic rings. The predicted octanol–water partition coefficient (Wildman–Crippen LogP) is 3.42. The van der Waals surface area contributed by atoms with Crippen molar-refractivity contribution in [1.29, 1.82) is 0 Å². The van der Waals surface area contributed by atoms with E-state index in [9.17, 15) is 14.0 Å². The van der Waals surface area contributed by atoms with Crippen molar-refractivity contribution in [2.45, 2.75) is 26.7 Å². The van der Waals surface area contributed by atoms with Gasteiger partial charge in [0.15, 0.2) is 5.82 Å². The zero-order valence-electron chi connectivity index (χ0n) is 17.5. The highest BCUT2D eigenvalue weighted by Gasteiger charge is 2.18. The van der Waals surface area contributed by atoms with E-state index in [1.54, 1.807) is 17.6 Å². The summed E-state index contributed by atoms with van der Waals surface area (Å²) in [6.07, 6.45) is 0.312. The van der Waals surface area contributed by atoms with Gasteiger partial charge in [-0.15, -0.1) is 5.10 Å². The minimum absolute atomic E-state index is 0.0811. The summed E-state index contributed by atoms with van der Waals surface area (Å²) in [6, 6.07) is 13.7. The van der Waals surface area contributed by atoms with Gasteiger partial charge < -0.3 is 9.88 Å². The number of nitrogens with one attached hydrogen (secondary N) is 1. The molecule has 2 heterocycles. The number of carbonyl (C=O) groups is 1. The summed E-state index contributed by atoms with van der Waals surface area (Å²) in [5.74, 6) is 0.185. The number of aryl methyl sites for hydroxylation is 2. The van der Waals surface area contributed by atoms with Crippen LogP contribution in [-0.2, 0) is 18.3 Å². The molecule has 0 aliphatic carbocycles. The number of hydrogen-bond donors (Lipinski definition) is 1. The van der Waals surface area contributed by atoms with Crippen LogP contribution in [0.3, 0.4) is 0 Å². The summed E-state index contributed by atoms with van der Waals surface area (Å²) in [4.78, 5) is 30.0. The van der Waals surface area contributed by atoms with Gasteiger partial charge in [0, 0.05) is 36.0 Å². The number of amides is 1. The topological polar surface area (TPSA) is 81.3 Å². The van der Waals surface area contributed by atoms with Crippen LogP contribution in [0.2, 0.25) is 0 Å². The molecule has 0 spiro atoms. The van der Waals surface area contributed by atoms with Crippen LogP contribution in [0.25, 0.3) is 17.2 Å². The maximum atomic E-state index is 13.5. The quantitative estimate of drug-likeness (QED) is 0.537. The van der Waals surface area contributed by atoms with Gasteiger partial charge in [-0.3, -0.25) is 9.59 Å². The van der Waals surface area contributed by atoms with Crippen molar-refractivity contribution in [2.75, 3.05) is 5.32 Å². The standard InChI is InChI=1S/C23H22FN5O2/c1-14-9-10-17(24)13-19(14)25-20(30)12-11-18-15(2)28(3)23-26-21(27-29(23)22(18)31)16-7-5-4-6-8-16/h4-10,13H,11-12H2,1-3H3,(H,25,30). The normalized spacial score (nSPS) is 11.1. The number of rotatable bonds is 5. The van der Waals surface area contributed by atoms with Crippen LogP contribution in [-0.4, -0.2) is 25.1 Å². The Morgan fingerprint density at radius 1 is 1.13 bits per heavy atom. The number of nitrogens with zero attached hydrogens (tertiary/aromatic N) is 4. The molecule has 0 bridgehead atoms. The fourth-order valence-corrected chi connectivity index (χ4v) is 3.47. The van der Waals surface area contributed by atoms with E-state index in [2.05, 4.69) is 15.4 Å². The molecule has 1 amide bonds. The number of hydrogen-bond acceptors (Lipinski definition) is 4. The van der Waals surface area contributed by atoms with E-state index < -0.39 is 5.82 Å². The third-order valence-corrected chi connectivity index (χ3v) is 5.39. The number of fused-ring (bicyclic) bond motifs is 1. The Kier molecular flexibility index (Phi) is 5.37. The molecule has 0 aliphatic rings. The molecule has 0 unspecified atom stereocenters.